The molecule has 0 aliphatic rings. The first-order valence-corrected chi connectivity index (χ1v) is 36.2. The first-order chi connectivity index (χ1) is 39.6. The van der Waals surface area contributed by atoms with E-state index in [0.717, 1.165) is 109 Å². The standard InChI is InChI=1S/C64H124O17P2/c1-54(2)40-32-24-16-13-11-9-10-12-14-18-30-38-46-63(68)80-59(50-74-61(66)44-36-28-19-15-17-25-33-41-55(3)4)52-78-82(70,71)76-48-58(65)49-77-83(72,73)79-53-60(81-64(69)47-39-31-23-21-27-35-43-57(7)8)51-75-62(67)45-37-29-22-20-26-34-42-56(5)6/h54-60,65H,9-53H2,1-8H3,(H,70,71)(H,72,73)/t58-,59-,60-/m1/s1. The van der Waals surface area contributed by atoms with Crippen LogP contribution in [0.2, 0.25) is 0 Å². The quantitative estimate of drug-likeness (QED) is 0.0222. The van der Waals surface area contributed by atoms with E-state index in [4.69, 9.17) is 37.0 Å². The van der Waals surface area contributed by atoms with Crippen molar-refractivity contribution in [1.29, 1.82) is 0 Å². The molecule has 17 nitrogen and oxygen atoms in total. The van der Waals surface area contributed by atoms with Gasteiger partial charge in [0.25, 0.3) is 0 Å². The molecule has 0 radical (unpaired) electrons. The second-order valence-electron chi connectivity index (χ2n) is 25.1. The summed E-state index contributed by atoms with van der Waals surface area (Å²) < 4.78 is 67.9. The van der Waals surface area contributed by atoms with E-state index in [1.54, 1.807) is 0 Å². The smallest absolute Gasteiger partial charge is 0.462 e. The van der Waals surface area contributed by atoms with Gasteiger partial charge in [-0.15, -0.1) is 0 Å². The lowest BCUT2D eigenvalue weighted by Crippen LogP contribution is -2.30. The minimum absolute atomic E-state index is 0.100. The Hall–Kier alpha value is -1.94. The number of aliphatic hydroxyl groups is 1. The molecule has 0 heterocycles. The predicted molar refractivity (Wildman–Crippen MR) is 331 cm³/mol. The van der Waals surface area contributed by atoms with Crippen molar-refractivity contribution in [3.05, 3.63) is 0 Å². The third-order valence-electron chi connectivity index (χ3n) is 14.6. The van der Waals surface area contributed by atoms with Gasteiger partial charge in [0.15, 0.2) is 12.2 Å². The van der Waals surface area contributed by atoms with Crippen LogP contribution >= 0.6 is 15.6 Å². The lowest BCUT2D eigenvalue weighted by atomic mass is 10.0. The summed E-state index contributed by atoms with van der Waals surface area (Å²) >= 11 is 0. The van der Waals surface area contributed by atoms with Crippen molar-refractivity contribution in [3.63, 3.8) is 0 Å². The Morgan fingerprint density at radius 2 is 0.506 bits per heavy atom. The zero-order valence-corrected chi connectivity index (χ0v) is 55.6. The molecule has 0 aliphatic carbocycles. The van der Waals surface area contributed by atoms with Crippen LogP contribution in [0, 0.1) is 23.7 Å². The fourth-order valence-corrected chi connectivity index (χ4v) is 11.0. The van der Waals surface area contributed by atoms with Gasteiger partial charge in [0.05, 0.1) is 26.4 Å². The van der Waals surface area contributed by atoms with Gasteiger partial charge in [0, 0.05) is 25.7 Å². The lowest BCUT2D eigenvalue weighted by Gasteiger charge is -2.21. The van der Waals surface area contributed by atoms with Gasteiger partial charge in [-0.3, -0.25) is 37.3 Å². The fourth-order valence-electron chi connectivity index (χ4n) is 9.43. The highest BCUT2D eigenvalue weighted by atomic mass is 31.2. The first-order valence-electron chi connectivity index (χ1n) is 33.2. The van der Waals surface area contributed by atoms with Gasteiger partial charge in [0.1, 0.15) is 19.3 Å². The molecule has 0 aliphatic heterocycles. The minimum atomic E-state index is -4.95. The molecule has 0 bridgehead atoms. The monoisotopic (exact) mass is 1230 g/mol. The second-order valence-corrected chi connectivity index (χ2v) is 28.0. The Kier molecular flexibility index (Phi) is 53.0. The van der Waals surface area contributed by atoms with E-state index in [2.05, 4.69) is 55.4 Å². The van der Waals surface area contributed by atoms with Gasteiger partial charge in [-0.25, -0.2) is 9.13 Å². The van der Waals surface area contributed by atoms with E-state index in [1.807, 2.05) is 0 Å². The van der Waals surface area contributed by atoms with Gasteiger partial charge < -0.3 is 33.8 Å². The molecule has 3 N–H and O–H groups in total. The summed E-state index contributed by atoms with van der Waals surface area (Å²) in [6.45, 7) is 13.9. The molecule has 0 aromatic rings. The Labute approximate surface area is 505 Å². The van der Waals surface area contributed by atoms with Crippen molar-refractivity contribution in [3.8, 4) is 0 Å². The molecule has 2 unspecified atom stereocenters. The Morgan fingerprint density at radius 3 is 0.747 bits per heavy atom. The zero-order chi connectivity index (χ0) is 61.8. The topological polar surface area (TPSA) is 237 Å². The van der Waals surface area contributed by atoms with Crippen molar-refractivity contribution in [1.82, 2.24) is 0 Å². The van der Waals surface area contributed by atoms with Crippen molar-refractivity contribution < 1.29 is 80.2 Å². The fraction of sp³-hybridized carbons (Fsp3) is 0.938. The van der Waals surface area contributed by atoms with E-state index >= 15 is 0 Å². The van der Waals surface area contributed by atoms with Gasteiger partial charge >= 0.3 is 39.5 Å². The number of unbranched alkanes of at least 4 members (excludes halogenated alkanes) is 27. The maximum Gasteiger partial charge on any atom is 0.472 e. The number of carbonyl (C=O) groups excluding carboxylic acids is 4. The number of carbonyl (C=O) groups is 4. The molecule has 19 heteroatoms. The molecule has 0 fully saturated rings. The van der Waals surface area contributed by atoms with E-state index in [1.165, 1.54) is 96.3 Å². The molecule has 0 aromatic carbocycles. The van der Waals surface area contributed by atoms with E-state index in [-0.39, 0.29) is 25.7 Å². The number of phosphoric ester groups is 2. The number of ether oxygens (including phenoxy) is 4. The molecular weight excluding hydrogens is 1100 g/mol. The van der Waals surface area contributed by atoms with Crippen LogP contribution in [-0.4, -0.2) is 96.7 Å². The van der Waals surface area contributed by atoms with Crippen LogP contribution < -0.4 is 0 Å². The van der Waals surface area contributed by atoms with Crippen LogP contribution in [0.15, 0.2) is 0 Å². The van der Waals surface area contributed by atoms with Crippen molar-refractivity contribution in [2.75, 3.05) is 39.6 Å². The number of rotatable bonds is 61. The third-order valence-corrected chi connectivity index (χ3v) is 16.5. The normalized spacial score (nSPS) is 14.4. The summed E-state index contributed by atoms with van der Waals surface area (Å²) in [6.07, 6.45) is 33.9. The summed E-state index contributed by atoms with van der Waals surface area (Å²) in [5.74, 6) is 0.686. The number of hydrogen-bond acceptors (Lipinski definition) is 15. The van der Waals surface area contributed by atoms with E-state index < -0.39 is 97.5 Å². The Morgan fingerprint density at radius 1 is 0.301 bits per heavy atom. The largest absolute Gasteiger partial charge is 0.472 e. The minimum Gasteiger partial charge on any atom is -0.462 e. The van der Waals surface area contributed by atoms with Gasteiger partial charge in [-0.05, 0) is 49.4 Å². The van der Waals surface area contributed by atoms with Crippen LogP contribution in [0.1, 0.15) is 306 Å². The molecule has 0 spiro atoms. The Balaban J connectivity index is 5.23. The van der Waals surface area contributed by atoms with Crippen LogP contribution in [-0.2, 0) is 65.4 Å². The summed E-state index contributed by atoms with van der Waals surface area (Å²) in [5, 5.41) is 10.5. The number of aliphatic hydroxyl groups excluding tert-OH is 1. The van der Waals surface area contributed by atoms with Gasteiger partial charge in [0.2, 0.25) is 0 Å². The molecule has 0 rings (SSSR count). The molecule has 0 amide bonds. The number of esters is 4. The number of hydrogen-bond donors (Lipinski definition) is 3. The van der Waals surface area contributed by atoms with E-state index in [0.29, 0.717) is 43.4 Å². The van der Waals surface area contributed by atoms with Crippen LogP contribution in [0.5, 0.6) is 0 Å². The maximum absolute atomic E-state index is 13.0. The molecule has 0 saturated heterocycles. The van der Waals surface area contributed by atoms with Crippen LogP contribution in [0.4, 0.5) is 0 Å². The highest BCUT2D eigenvalue weighted by Crippen LogP contribution is 2.45. The summed E-state index contributed by atoms with van der Waals surface area (Å²) in [4.78, 5) is 72.1. The van der Waals surface area contributed by atoms with Crippen molar-refractivity contribution in [2.45, 2.75) is 324 Å². The van der Waals surface area contributed by atoms with Crippen molar-refractivity contribution in [2.24, 2.45) is 23.7 Å². The van der Waals surface area contributed by atoms with Crippen molar-refractivity contribution >= 4 is 39.5 Å². The van der Waals surface area contributed by atoms with Gasteiger partial charge in [-0.1, -0.05) is 254 Å². The molecular formula is C64H124O17P2. The summed E-state index contributed by atoms with van der Waals surface area (Å²) in [7, 11) is -9.89. The maximum atomic E-state index is 13.0. The lowest BCUT2D eigenvalue weighted by molar-refractivity contribution is -0.161. The zero-order valence-electron chi connectivity index (χ0n) is 53.8. The molecule has 492 valence electrons. The van der Waals surface area contributed by atoms with E-state index in [9.17, 15) is 43.2 Å². The predicted octanol–water partition coefficient (Wildman–Crippen LogP) is 17.4. The number of phosphoric acid groups is 2. The van der Waals surface area contributed by atoms with Crippen LogP contribution in [0.25, 0.3) is 0 Å². The Bertz CT molecular complexity index is 1660. The van der Waals surface area contributed by atoms with Crippen LogP contribution in [0.3, 0.4) is 0 Å². The van der Waals surface area contributed by atoms with Gasteiger partial charge in [-0.2, -0.15) is 0 Å². The summed E-state index contributed by atoms with van der Waals surface area (Å²) in [5.41, 5.74) is 0. The first kappa shape index (κ1) is 81.1. The molecule has 0 saturated carbocycles. The highest BCUT2D eigenvalue weighted by Gasteiger charge is 2.30. The SMILES string of the molecule is CC(C)CCCCCCCCCCCCCCC(=O)O[C@H](COC(=O)CCCCCCCCCC(C)C)COP(=O)(O)OC[C@@H](O)COP(=O)(O)OC[C@@H](COC(=O)CCCCCCCCC(C)C)OC(=O)CCCCCCCCC(C)C. The highest BCUT2D eigenvalue weighted by molar-refractivity contribution is 7.47. The molecule has 0 aromatic heterocycles. The average Bonchev–Trinajstić information content (AvgIpc) is 3.44. The average molecular weight is 1230 g/mol. The molecule has 5 atom stereocenters. The third kappa shape index (κ3) is 58.8. The summed E-state index contributed by atoms with van der Waals surface area (Å²) in [6, 6.07) is 0. The second kappa shape index (κ2) is 54.2. The molecule has 83 heavy (non-hydrogen) atoms.